The van der Waals surface area contributed by atoms with E-state index in [0.717, 1.165) is 5.92 Å². The van der Waals surface area contributed by atoms with Crippen LogP contribution in [0.15, 0.2) is 24.3 Å². The smallest absolute Gasteiger partial charge is 0.0499 e. The summed E-state index contributed by atoms with van der Waals surface area (Å²) in [6, 6.07) is 9.26. The van der Waals surface area contributed by atoms with Crippen molar-refractivity contribution in [2.45, 2.75) is 58.5 Å². The van der Waals surface area contributed by atoms with Gasteiger partial charge >= 0.3 is 0 Å². The minimum atomic E-state index is 0.175. The molecular formula is C18H30N2. The van der Waals surface area contributed by atoms with Crippen LogP contribution >= 0.6 is 0 Å². The molecule has 0 aliphatic carbocycles. The molecule has 0 aromatic heterocycles. The van der Waals surface area contributed by atoms with Crippen LogP contribution in [0.25, 0.3) is 0 Å². The van der Waals surface area contributed by atoms with Crippen molar-refractivity contribution < 1.29 is 0 Å². The molecule has 2 nitrogen and oxygen atoms in total. The average molecular weight is 274 g/mol. The van der Waals surface area contributed by atoms with Gasteiger partial charge in [-0.1, -0.05) is 37.6 Å². The van der Waals surface area contributed by atoms with Gasteiger partial charge in [-0.05, 0) is 63.2 Å². The third kappa shape index (κ3) is 3.62. The maximum Gasteiger partial charge on any atom is 0.0499 e. The lowest BCUT2D eigenvalue weighted by Gasteiger charge is -2.34. The second-order valence-electron chi connectivity index (χ2n) is 6.40. The highest BCUT2D eigenvalue weighted by molar-refractivity contribution is 5.30. The van der Waals surface area contributed by atoms with Crippen LogP contribution in [0.5, 0.6) is 0 Å². The van der Waals surface area contributed by atoms with E-state index >= 15 is 0 Å². The molecule has 2 rings (SSSR count). The summed E-state index contributed by atoms with van der Waals surface area (Å²) in [4.78, 5) is 2.63. The number of hydrogen-bond acceptors (Lipinski definition) is 2. The molecule has 0 spiro atoms. The second kappa shape index (κ2) is 7.24. The van der Waals surface area contributed by atoms with Crippen molar-refractivity contribution in [3.05, 3.63) is 35.4 Å². The molecule has 1 saturated heterocycles. The first-order valence-corrected chi connectivity index (χ1v) is 8.18. The third-order valence-corrected chi connectivity index (χ3v) is 4.86. The predicted molar refractivity (Wildman–Crippen MR) is 86.8 cm³/mol. The van der Waals surface area contributed by atoms with Gasteiger partial charge < -0.3 is 5.73 Å². The summed E-state index contributed by atoms with van der Waals surface area (Å²) in [7, 11) is 0. The van der Waals surface area contributed by atoms with E-state index in [1.165, 1.54) is 49.9 Å². The Hall–Kier alpha value is -0.860. The number of aryl methyl sites for hydroxylation is 1. The van der Waals surface area contributed by atoms with Crippen molar-refractivity contribution in [3.63, 3.8) is 0 Å². The maximum atomic E-state index is 6.34. The molecule has 0 amide bonds. The molecule has 1 aromatic carbocycles. The van der Waals surface area contributed by atoms with Crippen molar-refractivity contribution in [2.24, 2.45) is 11.7 Å². The molecule has 1 aliphatic rings. The van der Waals surface area contributed by atoms with Crippen LogP contribution in [0.1, 0.15) is 56.7 Å². The summed E-state index contributed by atoms with van der Waals surface area (Å²) < 4.78 is 0. The largest absolute Gasteiger partial charge is 0.326 e. The zero-order valence-electron chi connectivity index (χ0n) is 13.3. The van der Waals surface area contributed by atoms with Gasteiger partial charge in [0.2, 0.25) is 0 Å². The van der Waals surface area contributed by atoms with Gasteiger partial charge in [0.15, 0.2) is 0 Å². The molecule has 0 saturated carbocycles. The molecule has 2 heteroatoms. The highest BCUT2D eigenvalue weighted by atomic mass is 15.2. The molecule has 0 bridgehead atoms. The molecule has 112 valence electrons. The van der Waals surface area contributed by atoms with Gasteiger partial charge in [0.25, 0.3) is 0 Å². The van der Waals surface area contributed by atoms with Crippen molar-refractivity contribution in [2.75, 3.05) is 13.1 Å². The van der Waals surface area contributed by atoms with Crippen LogP contribution in [0, 0.1) is 12.8 Å². The minimum Gasteiger partial charge on any atom is -0.326 e. The molecule has 2 N–H and O–H groups in total. The fraction of sp³-hybridized carbons (Fsp3) is 0.667. The standard InChI is InChI=1S/C18H30N2/c1-4-16-9-7-12-20(13-11-16)18(15(3)19)17-10-6-5-8-14(17)2/h5-6,8,10,15-16,18H,4,7,9,11-13,19H2,1-3H3. The van der Waals surface area contributed by atoms with E-state index in [-0.39, 0.29) is 6.04 Å². The summed E-state index contributed by atoms with van der Waals surface area (Å²) in [6.45, 7) is 9.07. The van der Waals surface area contributed by atoms with Crippen molar-refractivity contribution in [3.8, 4) is 0 Å². The van der Waals surface area contributed by atoms with E-state index in [9.17, 15) is 0 Å². The van der Waals surface area contributed by atoms with Gasteiger partial charge in [-0.25, -0.2) is 0 Å². The highest BCUT2D eigenvalue weighted by Gasteiger charge is 2.27. The summed E-state index contributed by atoms with van der Waals surface area (Å²) in [5.74, 6) is 0.908. The van der Waals surface area contributed by atoms with Crippen LogP contribution in [-0.4, -0.2) is 24.0 Å². The lowest BCUT2D eigenvalue weighted by Crippen LogP contribution is -2.40. The van der Waals surface area contributed by atoms with E-state index in [1.807, 2.05) is 0 Å². The van der Waals surface area contributed by atoms with E-state index < -0.39 is 0 Å². The third-order valence-electron chi connectivity index (χ3n) is 4.86. The first-order valence-electron chi connectivity index (χ1n) is 8.18. The fourth-order valence-corrected chi connectivity index (χ4v) is 3.61. The molecule has 3 atom stereocenters. The van der Waals surface area contributed by atoms with Gasteiger partial charge in [-0.3, -0.25) is 4.90 Å². The summed E-state index contributed by atoms with van der Waals surface area (Å²) in [5.41, 5.74) is 9.13. The Morgan fingerprint density at radius 2 is 2.00 bits per heavy atom. The Balaban J connectivity index is 2.19. The molecule has 1 heterocycles. The summed E-state index contributed by atoms with van der Waals surface area (Å²) in [5, 5.41) is 0. The minimum absolute atomic E-state index is 0.175. The molecule has 3 unspecified atom stereocenters. The van der Waals surface area contributed by atoms with Crippen molar-refractivity contribution >= 4 is 0 Å². The van der Waals surface area contributed by atoms with Gasteiger partial charge in [0, 0.05) is 12.1 Å². The topological polar surface area (TPSA) is 29.3 Å². The zero-order chi connectivity index (χ0) is 14.5. The number of nitrogens with zero attached hydrogens (tertiary/aromatic N) is 1. The van der Waals surface area contributed by atoms with E-state index in [2.05, 4.69) is 49.9 Å². The van der Waals surface area contributed by atoms with E-state index in [4.69, 9.17) is 5.73 Å². The number of nitrogens with two attached hydrogens (primary N) is 1. The number of rotatable bonds is 4. The van der Waals surface area contributed by atoms with Crippen LogP contribution in [-0.2, 0) is 0 Å². The Kier molecular flexibility index (Phi) is 5.62. The SMILES string of the molecule is CCC1CCCN(C(c2ccccc2C)C(C)N)CC1. The predicted octanol–water partition coefficient (Wildman–Crippen LogP) is 3.90. The Labute approximate surface area is 124 Å². The Morgan fingerprint density at radius 1 is 1.25 bits per heavy atom. The molecule has 1 aliphatic heterocycles. The summed E-state index contributed by atoms with van der Waals surface area (Å²) in [6.07, 6.45) is 5.34. The Morgan fingerprint density at radius 3 is 2.65 bits per heavy atom. The maximum absolute atomic E-state index is 6.34. The van der Waals surface area contributed by atoms with Gasteiger partial charge in [-0.2, -0.15) is 0 Å². The van der Waals surface area contributed by atoms with Crippen LogP contribution in [0.2, 0.25) is 0 Å². The lowest BCUT2D eigenvalue weighted by molar-refractivity contribution is 0.180. The van der Waals surface area contributed by atoms with Crippen LogP contribution < -0.4 is 5.73 Å². The average Bonchev–Trinajstić information content (AvgIpc) is 2.66. The summed E-state index contributed by atoms with van der Waals surface area (Å²) >= 11 is 0. The van der Waals surface area contributed by atoms with Crippen molar-refractivity contribution in [1.29, 1.82) is 0 Å². The normalized spacial score (nSPS) is 24.1. The number of likely N-dealkylation sites (tertiary alicyclic amines) is 1. The van der Waals surface area contributed by atoms with E-state index in [0.29, 0.717) is 6.04 Å². The first-order chi connectivity index (χ1) is 9.63. The molecular weight excluding hydrogens is 244 g/mol. The fourth-order valence-electron chi connectivity index (χ4n) is 3.61. The monoisotopic (exact) mass is 274 g/mol. The van der Waals surface area contributed by atoms with Gasteiger partial charge in [0.1, 0.15) is 0 Å². The van der Waals surface area contributed by atoms with Gasteiger partial charge in [0.05, 0.1) is 0 Å². The molecule has 1 aromatic rings. The molecule has 20 heavy (non-hydrogen) atoms. The first kappa shape index (κ1) is 15.5. The van der Waals surface area contributed by atoms with Crippen LogP contribution in [0.4, 0.5) is 0 Å². The number of hydrogen-bond donors (Lipinski definition) is 1. The second-order valence-corrected chi connectivity index (χ2v) is 6.40. The van der Waals surface area contributed by atoms with Crippen molar-refractivity contribution in [1.82, 2.24) is 4.90 Å². The highest BCUT2D eigenvalue weighted by Crippen LogP contribution is 2.30. The Bertz CT molecular complexity index is 414. The van der Waals surface area contributed by atoms with E-state index in [1.54, 1.807) is 0 Å². The number of benzene rings is 1. The quantitative estimate of drug-likeness (QED) is 0.902. The molecule has 0 radical (unpaired) electrons. The molecule has 1 fully saturated rings. The van der Waals surface area contributed by atoms with Crippen LogP contribution in [0.3, 0.4) is 0 Å². The zero-order valence-corrected chi connectivity index (χ0v) is 13.3. The lowest BCUT2D eigenvalue weighted by atomic mass is 9.94. The van der Waals surface area contributed by atoms with Gasteiger partial charge in [-0.15, -0.1) is 0 Å².